The second kappa shape index (κ2) is 4.54. The maximum absolute atomic E-state index is 4.64. The fourth-order valence-corrected chi connectivity index (χ4v) is 3.90. The molecule has 5 heteroatoms. The van der Waals surface area contributed by atoms with Crippen LogP contribution < -0.4 is 4.40 Å². The third-order valence-electron chi connectivity index (χ3n) is 4.91. The van der Waals surface area contributed by atoms with Crippen molar-refractivity contribution in [2.75, 3.05) is 0 Å². The lowest BCUT2D eigenvalue weighted by Crippen LogP contribution is -2.18. The lowest BCUT2D eigenvalue weighted by molar-refractivity contribution is -0.484. The predicted molar refractivity (Wildman–Crippen MR) is 94.6 cm³/mol. The summed E-state index contributed by atoms with van der Waals surface area (Å²) in [6.45, 7) is 0.802. The van der Waals surface area contributed by atoms with Gasteiger partial charge >= 0.3 is 0 Å². The molecule has 6 rings (SSSR count). The summed E-state index contributed by atoms with van der Waals surface area (Å²) in [4.78, 5) is 9.19. The first-order chi connectivity index (χ1) is 12.4. The molecular formula is C20H14N5+. The van der Waals surface area contributed by atoms with Crippen molar-refractivity contribution in [2.24, 2.45) is 0 Å². The largest absolute Gasteiger partial charge is 0.273 e. The molecule has 0 spiro atoms. The first-order valence-corrected chi connectivity index (χ1v) is 8.31. The van der Waals surface area contributed by atoms with Gasteiger partial charge in [0.25, 0.3) is 5.65 Å². The van der Waals surface area contributed by atoms with Gasteiger partial charge in [-0.2, -0.15) is 4.40 Å². The van der Waals surface area contributed by atoms with Gasteiger partial charge in [-0.1, -0.05) is 18.2 Å². The van der Waals surface area contributed by atoms with E-state index in [1.807, 2.05) is 30.6 Å². The second-order valence-corrected chi connectivity index (χ2v) is 6.30. The summed E-state index contributed by atoms with van der Waals surface area (Å²) < 4.78 is 6.74. The van der Waals surface area contributed by atoms with Crippen molar-refractivity contribution in [1.82, 2.24) is 19.1 Å². The highest BCUT2D eigenvalue weighted by Gasteiger charge is 2.32. The Kier molecular flexibility index (Phi) is 2.34. The van der Waals surface area contributed by atoms with E-state index < -0.39 is 0 Å². The Balaban J connectivity index is 1.84. The summed E-state index contributed by atoms with van der Waals surface area (Å²) in [7, 11) is 0. The molecule has 1 aromatic carbocycles. The quantitative estimate of drug-likeness (QED) is 0.436. The molecule has 0 radical (unpaired) electrons. The van der Waals surface area contributed by atoms with Crippen molar-refractivity contribution < 1.29 is 4.40 Å². The third-order valence-corrected chi connectivity index (χ3v) is 4.91. The van der Waals surface area contributed by atoms with Gasteiger partial charge in [0, 0.05) is 11.8 Å². The van der Waals surface area contributed by atoms with E-state index in [9.17, 15) is 0 Å². The highest BCUT2D eigenvalue weighted by Crippen LogP contribution is 2.35. The van der Waals surface area contributed by atoms with E-state index in [0.29, 0.717) is 0 Å². The molecule has 0 amide bonds. The SMILES string of the molecule is c1ccc(-n2c3cccnc3[n+]3cn4c(c23)-c2cccnc2C4)cc1. The van der Waals surface area contributed by atoms with Crippen LogP contribution in [0.1, 0.15) is 5.69 Å². The Hall–Kier alpha value is -3.47. The van der Waals surface area contributed by atoms with Crippen molar-refractivity contribution in [3.63, 3.8) is 0 Å². The number of rotatable bonds is 1. The van der Waals surface area contributed by atoms with Crippen LogP contribution in [0.5, 0.6) is 0 Å². The number of pyridine rings is 2. The van der Waals surface area contributed by atoms with Gasteiger partial charge in [0.2, 0.25) is 5.65 Å². The minimum atomic E-state index is 0.802. The molecule has 0 saturated carbocycles. The van der Waals surface area contributed by atoms with Crippen molar-refractivity contribution in [1.29, 1.82) is 0 Å². The standard InChI is InChI=1S/C20H14N5/c1-2-6-14(7-3-1)25-17-9-5-11-22-19(17)24-13-23-12-16-15(8-4-10-21-16)18(23)20(24)25/h1-11,13H,12H2/q+1. The van der Waals surface area contributed by atoms with E-state index >= 15 is 0 Å². The predicted octanol–water partition coefficient (Wildman–Crippen LogP) is 2.99. The van der Waals surface area contributed by atoms with Gasteiger partial charge in [0.15, 0.2) is 17.5 Å². The molecule has 118 valence electrons. The van der Waals surface area contributed by atoms with Crippen LogP contribution in [0.15, 0.2) is 73.3 Å². The van der Waals surface area contributed by atoms with E-state index in [0.717, 1.165) is 34.7 Å². The summed E-state index contributed by atoms with van der Waals surface area (Å²) in [6.07, 6.45) is 5.85. The summed E-state index contributed by atoms with van der Waals surface area (Å²) >= 11 is 0. The zero-order chi connectivity index (χ0) is 16.4. The number of fused-ring (bicyclic) bond motifs is 7. The lowest BCUT2D eigenvalue weighted by Gasteiger charge is -2.02. The molecule has 0 bridgehead atoms. The monoisotopic (exact) mass is 324 g/mol. The van der Waals surface area contributed by atoms with Crippen molar-refractivity contribution in [3.8, 4) is 16.9 Å². The Labute approximate surface area is 143 Å². The number of para-hydroxylation sites is 1. The van der Waals surface area contributed by atoms with Crippen molar-refractivity contribution in [2.45, 2.75) is 6.54 Å². The molecule has 1 aliphatic rings. The van der Waals surface area contributed by atoms with Gasteiger partial charge in [0.1, 0.15) is 6.54 Å². The van der Waals surface area contributed by atoms with Crippen LogP contribution in [0.2, 0.25) is 0 Å². The molecule has 5 heterocycles. The highest BCUT2D eigenvalue weighted by molar-refractivity contribution is 5.84. The van der Waals surface area contributed by atoms with Crippen LogP contribution in [0, 0.1) is 0 Å². The van der Waals surface area contributed by atoms with Crippen LogP contribution in [-0.4, -0.2) is 19.1 Å². The molecule has 0 N–H and O–H groups in total. The van der Waals surface area contributed by atoms with Gasteiger partial charge in [-0.05, 0) is 36.4 Å². The van der Waals surface area contributed by atoms with Crippen LogP contribution >= 0.6 is 0 Å². The molecule has 5 aromatic rings. The zero-order valence-corrected chi connectivity index (χ0v) is 13.4. The Morgan fingerprint density at radius 3 is 2.64 bits per heavy atom. The van der Waals surface area contributed by atoms with E-state index in [-0.39, 0.29) is 0 Å². The van der Waals surface area contributed by atoms with Crippen LogP contribution in [-0.2, 0) is 6.54 Å². The number of benzene rings is 1. The summed E-state index contributed by atoms with van der Waals surface area (Å²) in [5.41, 5.74) is 7.85. The first-order valence-electron chi connectivity index (χ1n) is 8.31. The van der Waals surface area contributed by atoms with Crippen LogP contribution in [0.25, 0.3) is 33.8 Å². The third kappa shape index (κ3) is 1.59. The molecule has 5 nitrogen and oxygen atoms in total. The maximum Gasteiger partial charge on any atom is 0.273 e. The van der Waals surface area contributed by atoms with Crippen LogP contribution in [0.4, 0.5) is 0 Å². The van der Waals surface area contributed by atoms with Gasteiger partial charge < -0.3 is 0 Å². The maximum atomic E-state index is 4.64. The lowest BCUT2D eigenvalue weighted by atomic mass is 10.2. The Morgan fingerprint density at radius 2 is 1.72 bits per heavy atom. The summed E-state index contributed by atoms with van der Waals surface area (Å²) in [6, 6.07) is 18.7. The first kappa shape index (κ1) is 12.9. The number of hydrogen-bond acceptors (Lipinski definition) is 2. The smallest absolute Gasteiger partial charge is 0.270 e. The Morgan fingerprint density at radius 1 is 0.880 bits per heavy atom. The second-order valence-electron chi connectivity index (χ2n) is 6.30. The molecule has 0 saturated heterocycles. The number of nitrogens with zero attached hydrogens (tertiary/aromatic N) is 5. The average molecular weight is 324 g/mol. The molecular weight excluding hydrogens is 310 g/mol. The number of imidazole rings is 2. The van der Waals surface area contributed by atoms with Crippen LogP contribution in [0.3, 0.4) is 0 Å². The molecule has 25 heavy (non-hydrogen) atoms. The van der Waals surface area contributed by atoms with Crippen molar-refractivity contribution >= 4 is 16.8 Å². The number of hydrogen-bond donors (Lipinski definition) is 0. The zero-order valence-electron chi connectivity index (χ0n) is 13.4. The average Bonchev–Trinajstić information content (AvgIpc) is 3.29. The summed E-state index contributed by atoms with van der Waals surface area (Å²) in [5, 5.41) is 0. The van der Waals surface area contributed by atoms with E-state index in [2.05, 4.69) is 66.2 Å². The minimum absolute atomic E-state index is 0.802. The van der Waals surface area contributed by atoms with E-state index in [4.69, 9.17) is 0 Å². The molecule has 0 aliphatic carbocycles. The van der Waals surface area contributed by atoms with Crippen molar-refractivity contribution in [3.05, 3.63) is 79.0 Å². The minimum Gasteiger partial charge on any atom is -0.270 e. The summed E-state index contributed by atoms with van der Waals surface area (Å²) in [5.74, 6) is 0. The number of aromatic nitrogens is 5. The topological polar surface area (TPSA) is 39.7 Å². The van der Waals surface area contributed by atoms with Gasteiger partial charge in [-0.25, -0.2) is 4.57 Å². The molecule has 0 unspecified atom stereocenters. The van der Waals surface area contributed by atoms with Gasteiger partial charge in [0.05, 0.1) is 17.6 Å². The highest BCUT2D eigenvalue weighted by atomic mass is 15.2. The van der Waals surface area contributed by atoms with E-state index in [1.54, 1.807) is 0 Å². The van der Waals surface area contributed by atoms with Gasteiger partial charge in [-0.3, -0.25) is 9.55 Å². The Bertz CT molecular complexity index is 1260. The normalized spacial score (nSPS) is 12.6. The van der Waals surface area contributed by atoms with Gasteiger partial charge in [-0.15, -0.1) is 4.98 Å². The molecule has 1 aliphatic heterocycles. The fraction of sp³-hybridized carbons (Fsp3) is 0.0500. The fourth-order valence-electron chi connectivity index (χ4n) is 3.90. The molecule has 0 fully saturated rings. The molecule has 0 atom stereocenters. The molecule has 4 aromatic heterocycles. The van der Waals surface area contributed by atoms with E-state index in [1.165, 1.54) is 11.3 Å².